The fraction of sp³-hybridized carbons (Fsp3) is 0.273. The van der Waals surface area contributed by atoms with E-state index in [4.69, 9.17) is 16.2 Å². The predicted octanol–water partition coefficient (Wildman–Crippen LogP) is 0.00240. The predicted molar refractivity (Wildman–Crippen MR) is 68.5 cm³/mol. The zero-order chi connectivity index (χ0) is 14.4. The number of benzene rings is 1. The Balaban J connectivity index is 2.55. The van der Waals surface area contributed by atoms with Crippen LogP contribution in [0.2, 0.25) is 0 Å². The Morgan fingerprint density at radius 3 is 2.53 bits per heavy atom. The average molecular weight is 283 g/mol. The molecule has 1 aliphatic rings. The molecule has 8 heteroatoms. The monoisotopic (exact) mass is 283 g/mol. The molecule has 7 nitrogen and oxygen atoms in total. The molecule has 0 aromatic heterocycles. The lowest BCUT2D eigenvalue weighted by Crippen LogP contribution is -2.32. The lowest BCUT2D eigenvalue weighted by molar-refractivity contribution is 0.100. The first-order chi connectivity index (χ1) is 8.65. The van der Waals surface area contributed by atoms with Crippen LogP contribution in [0.25, 0.3) is 0 Å². The first-order valence-corrected chi connectivity index (χ1v) is 6.85. The summed E-state index contributed by atoms with van der Waals surface area (Å²) in [6, 6.07) is 4.04. The van der Waals surface area contributed by atoms with Gasteiger partial charge in [0.1, 0.15) is 10.6 Å². The molecule has 0 spiro atoms. The van der Waals surface area contributed by atoms with Crippen molar-refractivity contribution in [2.45, 2.75) is 23.7 Å². The van der Waals surface area contributed by atoms with Gasteiger partial charge in [0.2, 0.25) is 14.8 Å². The Morgan fingerprint density at radius 2 is 1.95 bits per heavy atom. The van der Waals surface area contributed by atoms with Crippen LogP contribution in [0, 0.1) is 0 Å². The standard InChI is InChI=1S/C11H13N3O4S/c1-11(2)18-7-4-3-6(9(15)14-10(12)13)5-8(7)19(11,16)17/h3-5H,1-2H3,(H4,12,13,14,15). The second kappa shape index (κ2) is 3.95. The molecule has 0 fully saturated rings. The summed E-state index contributed by atoms with van der Waals surface area (Å²) in [5.74, 6) is -0.876. The summed E-state index contributed by atoms with van der Waals surface area (Å²) >= 11 is 0. The fourth-order valence-electron chi connectivity index (χ4n) is 1.70. The van der Waals surface area contributed by atoms with Gasteiger partial charge >= 0.3 is 0 Å². The van der Waals surface area contributed by atoms with Crippen LogP contribution >= 0.6 is 0 Å². The van der Waals surface area contributed by atoms with Crippen LogP contribution in [-0.4, -0.2) is 25.2 Å². The minimum atomic E-state index is -3.65. The number of ether oxygens (including phenoxy) is 1. The molecule has 1 amide bonds. The number of fused-ring (bicyclic) bond motifs is 1. The first-order valence-electron chi connectivity index (χ1n) is 5.37. The van der Waals surface area contributed by atoms with Crippen LogP contribution in [0.15, 0.2) is 28.1 Å². The van der Waals surface area contributed by atoms with Crippen molar-refractivity contribution < 1.29 is 17.9 Å². The average Bonchev–Trinajstić information content (AvgIpc) is 2.44. The van der Waals surface area contributed by atoms with Crippen molar-refractivity contribution in [3.05, 3.63) is 23.8 Å². The number of carbonyl (C=O) groups excluding carboxylic acids is 1. The van der Waals surface area contributed by atoms with Crippen molar-refractivity contribution in [1.82, 2.24) is 0 Å². The number of carbonyl (C=O) groups is 1. The summed E-state index contributed by atoms with van der Waals surface area (Å²) in [5.41, 5.74) is 10.3. The van der Waals surface area contributed by atoms with E-state index in [0.717, 1.165) is 0 Å². The summed E-state index contributed by atoms with van der Waals surface area (Å²) in [5, 5.41) is 0. The van der Waals surface area contributed by atoms with Gasteiger partial charge in [0.05, 0.1) is 0 Å². The van der Waals surface area contributed by atoms with Gasteiger partial charge in [0.25, 0.3) is 5.91 Å². The third-order valence-corrected chi connectivity index (χ3v) is 4.99. The number of hydrogen-bond acceptors (Lipinski definition) is 4. The molecule has 0 unspecified atom stereocenters. The van der Waals surface area contributed by atoms with Gasteiger partial charge < -0.3 is 16.2 Å². The summed E-state index contributed by atoms with van der Waals surface area (Å²) in [6.07, 6.45) is 0. The molecule has 1 aliphatic heterocycles. The number of nitrogens with zero attached hydrogens (tertiary/aromatic N) is 1. The molecule has 0 aliphatic carbocycles. The summed E-state index contributed by atoms with van der Waals surface area (Å²) in [7, 11) is -3.65. The SMILES string of the molecule is CC1(C)Oc2ccc(C(=O)N=C(N)N)cc2S1(=O)=O. The Labute approximate surface area is 110 Å². The molecule has 0 saturated heterocycles. The number of nitrogens with two attached hydrogens (primary N) is 2. The van der Waals surface area contributed by atoms with Gasteiger partial charge in [0.15, 0.2) is 5.96 Å². The molecule has 102 valence electrons. The normalized spacial score (nSPS) is 18.2. The number of hydrogen-bond donors (Lipinski definition) is 2. The molecule has 1 aromatic rings. The zero-order valence-electron chi connectivity index (χ0n) is 10.4. The fourth-order valence-corrected chi connectivity index (χ4v) is 3.09. The highest BCUT2D eigenvalue weighted by molar-refractivity contribution is 7.93. The summed E-state index contributed by atoms with van der Waals surface area (Å²) in [6.45, 7) is 2.89. The molecule has 0 radical (unpaired) electrons. The number of aliphatic imine (C=N–C) groups is 1. The number of guanidine groups is 1. The molecule has 2 rings (SSSR count). The number of sulfone groups is 1. The maximum atomic E-state index is 12.2. The maximum Gasteiger partial charge on any atom is 0.280 e. The van der Waals surface area contributed by atoms with Gasteiger partial charge in [0, 0.05) is 5.56 Å². The van der Waals surface area contributed by atoms with Crippen LogP contribution < -0.4 is 16.2 Å². The lowest BCUT2D eigenvalue weighted by Gasteiger charge is -2.15. The highest BCUT2D eigenvalue weighted by atomic mass is 32.2. The second-order valence-corrected chi connectivity index (χ2v) is 6.94. The van der Waals surface area contributed by atoms with Crippen molar-refractivity contribution in [2.75, 3.05) is 0 Å². The van der Waals surface area contributed by atoms with Crippen LogP contribution in [0.5, 0.6) is 5.75 Å². The van der Waals surface area contributed by atoms with E-state index in [0.29, 0.717) is 0 Å². The molecule has 1 heterocycles. The van der Waals surface area contributed by atoms with Crippen molar-refractivity contribution in [3.8, 4) is 5.75 Å². The minimum Gasteiger partial charge on any atom is -0.470 e. The van der Waals surface area contributed by atoms with Crippen LogP contribution in [0.1, 0.15) is 24.2 Å². The van der Waals surface area contributed by atoms with Crippen molar-refractivity contribution in [1.29, 1.82) is 0 Å². The lowest BCUT2D eigenvalue weighted by atomic mass is 10.2. The molecule has 19 heavy (non-hydrogen) atoms. The topological polar surface area (TPSA) is 125 Å². The van der Waals surface area contributed by atoms with Gasteiger partial charge in [-0.15, -0.1) is 0 Å². The third kappa shape index (κ3) is 2.03. The summed E-state index contributed by atoms with van der Waals surface area (Å²) < 4.78 is 29.7. The Morgan fingerprint density at radius 1 is 1.32 bits per heavy atom. The van der Waals surface area contributed by atoms with Crippen molar-refractivity contribution >= 4 is 21.7 Å². The van der Waals surface area contributed by atoms with Crippen LogP contribution in [-0.2, 0) is 9.84 Å². The molecular weight excluding hydrogens is 270 g/mol. The molecule has 0 atom stereocenters. The van der Waals surface area contributed by atoms with Crippen LogP contribution in [0.3, 0.4) is 0 Å². The van der Waals surface area contributed by atoms with Crippen molar-refractivity contribution in [3.63, 3.8) is 0 Å². The van der Waals surface area contributed by atoms with E-state index in [9.17, 15) is 13.2 Å². The molecule has 0 bridgehead atoms. The zero-order valence-corrected chi connectivity index (χ0v) is 11.2. The van der Waals surface area contributed by atoms with E-state index in [-0.39, 0.29) is 22.2 Å². The number of amides is 1. The third-order valence-electron chi connectivity index (χ3n) is 2.71. The number of rotatable bonds is 1. The summed E-state index contributed by atoms with van der Waals surface area (Å²) in [4.78, 5) is 13.6. The maximum absolute atomic E-state index is 12.2. The van der Waals surface area contributed by atoms with E-state index >= 15 is 0 Å². The van der Waals surface area contributed by atoms with Gasteiger partial charge in [-0.2, -0.15) is 4.99 Å². The molecular formula is C11H13N3O4S. The van der Waals surface area contributed by atoms with Gasteiger partial charge in [-0.3, -0.25) is 4.79 Å². The van der Waals surface area contributed by atoms with Crippen LogP contribution in [0.4, 0.5) is 0 Å². The van der Waals surface area contributed by atoms with Gasteiger partial charge in [-0.05, 0) is 32.0 Å². The highest BCUT2D eigenvalue weighted by Gasteiger charge is 2.46. The second-order valence-electron chi connectivity index (χ2n) is 4.51. The Bertz CT molecular complexity index is 688. The Kier molecular flexibility index (Phi) is 2.78. The van der Waals surface area contributed by atoms with Gasteiger partial charge in [-0.25, -0.2) is 8.42 Å². The van der Waals surface area contributed by atoms with E-state index < -0.39 is 20.7 Å². The van der Waals surface area contributed by atoms with E-state index in [1.54, 1.807) is 0 Å². The Hall–Kier alpha value is -2.09. The molecule has 4 N–H and O–H groups in total. The minimum absolute atomic E-state index is 0.0332. The van der Waals surface area contributed by atoms with E-state index in [1.807, 2.05) is 0 Å². The van der Waals surface area contributed by atoms with Crippen molar-refractivity contribution in [2.24, 2.45) is 16.5 Å². The van der Waals surface area contributed by atoms with E-state index in [1.165, 1.54) is 32.0 Å². The largest absolute Gasteiger partial charge is 0.470 e. The first kappa shape index (κ1) is 13.3. The quantitative estimate of drug-likeness (QED) is 0.552. The smallest absolute Gasteiger partial charge is 0.280 e. The van der Waals surface area contributed by atoms with E-state index in [2.05, 4.69) is 4.99 Å². The van der Waals surface area contributed by atoms with Gasteiger partial charge in [-0.1, -0.05) is 0 Å². The highest BCUT2D eigenvalue weighted by Crippen LogP contribution is 2.41. The molecule has 1 aromatic carbocycles. The molecule has 0 saturated carbocycles.